The number of hydrogen-bond donors (Lipinski definition) is 3. The van der Waals surface area contributed by atoms with Gasteiger partial charge in [0.05, 0.1) is 36.5 Å². The molecule has 0 bridgehead atoms. The molecule has 41 heavy (non-hydrogen) atoms. The first-order chi connectivity index (χ1) is 19.9. The Morgan fingerprint density at radius 1 is 1.27 bits per heavy atom. The SMILES string of the molecule is COc1cc(Cl)c(CO)cc1NC(=O)C(N=Nc1c(C#N)cnn1-c1ncccn1)c1nc2ccccc2c(=O)[nH]1. The lowest BCUT2D eigenvalue weighted by molar-refractivity contribution is -0.117. The molecular weight excluding hydrogens is 552 g/mol. The maximum atomic E-state index is 13.7. The molecule has 0 saturated heterocycles. The third kappa shape index (κ3) is 5.48. The second kappa shape index (κ2) is 11.7. The molecule has 15 heteroatoms. The van der Waals surface area contributed by atoms with E-state index in [1.165, 1.54) is 42.5 Å². The largest absolute Gasteiger partial charge is 0.495 e. The minimum atomic E-state index is -1.52. The van der Waals surface area contributed by atoms with Crippen LogP contribution in [-0.2, 0) is 11.4 Å². The summed E-state index contributed by atoms with van der Waals surface area (Å²) in [6.07, 6.45) is 4.22. The van der Waals surface area contributed by atoms with Gasteiger partial charge in [0, 0.05) is 23.5 Å². The van der Waals surface area contributed by atoms with Crippen molar-refractivity contribution in [3.63, 3.8) is 0 Å². The van der Waals surface area contributed by atoms with Crippen molar-refractivity contribution in [3.8, 4) is 17.8 Å². The van der Waals surface area contributed by atoms with Gasteiger partial charge in [-0.1, -0.05) is 23.7 Å². The van der Waals surface area contributed by atoms with Crippen LogP contribution in [0.2, 0.25) is 5.02 Å². The van der Waals surface area contributed by atoms with Crippen molar-refractivity contribution in [1.29, 1.82) is 5.26 Å². The van der Waals surface area contributed by atoms with Gasteiger partial charge >= 0.3 is 0 Å². The van der Waals surface area contributed by atoms with Crippen LogP contribution in [-0.4, -0.2) is 47.8 Å². The summed E-state index contributed by atoms with van der Waals surface area (Å²) >= 11 is 6.17. The molecule has 0 spiro atoms. The van der Waals surface area contributed by atoms with Crippen molar-refractivity contribution in [3.05, 3.63) is 93.4 Å². The predicted molar refractivity (Wildman–Crippen MR) is 146 cm³/mol. The fourth-order valence-corrected chi connectivity index (χ4v) is 4.04. The number of para-hydroxylation sites is 1. The number of nitrogens with one attached hydrogen (secondary N) is 2. The van der Waals surface area contributed by atoms with Crippen LogP contribution >= 0.6 is 11.6 Å². The topological polar surface area (TPSA) is 196 Å². The fourth-order valence-electron chi connectivity index (χ4n) is 3.83. The number of benzene rings is 2. The molecule has 0 aliphatic rings. The Kier molecular flexibility index (Phi) is 7.72. The van der Waals surface area contributed by atoms with Crippen LogP contribution in [0.5, 0.6) is 5.75 Å². The number of aliphatic hydroxyl groups excluding tert-OH is 1. The van der Waals surface area contributed by atoms with Crippen LogP contribution in [0.4, 0.5) is 11.5 Å². The molecule has 5 rings (SSSR count). The van der Waals surface area contributed by atoms with Gasteiger partial charge in [0.25, 0.3) is 17.4 Å². The maximum Gasteiger partial charge on any atom is 0.259 e. The number of aromatic amines is 1. The first-order valence-electron chi connectivity index (χ1n) is 11.9. The van der Waals surface area contributed by atoms with Crippen LogP contribution in [0, 0.1) is 11.3 Å². The number of rotatable bonds is 8. The fraction of sp³-hybridized carbons (Fsp3) is 0.115. The molecule has 1 atom stereocenters. The average molecular weight is 571 g/mol. The number of fused-ring (bicyclic) bond motifs is 1. The first-order valence-corrected chi connectivity index (χ1v) is 12.2. The van der Waals surface area contributed by atoms with E-state index in [0.29, 0.717) is 16.5 Å². The summed E-state index contributed by atoms with van der Waals surface area (Å²) in [5.74, 6) is -0.611. The van der Waals surface area contributed by atoms with Crippen molar-refractivity contribution in [2.75, 3.05) is 12.4 Å². The molecule has 1 amide bonds. The van der Waals surface area contributed by atoms with Crippen LogP contribution in [0.15, 0.2) is 76.1 Å². The van der Waals surface area contributed by atoms with E-state index in [4.69, 9.17) is 16.3 Å². The third-order valence-electron chi connectivity index (χ3n) is 5.81. The molecule has 3 N–H and O–H groups in total. The molecular formula is C26H19ClN10O4. The normalized spacial score (nSPS) is 11.9. The van der Waals surface area contributed by atoms with E-state index in [9.17, 15) is 20.0 Å². The summed E-state index contributed by atoms with van der Waals surface area (Å²) in [5, 5.41) is 35.0. The van der Waals surface area contributed by atoms with E-state index in [-0.39, 0.29) is 39.6 Å². The summed E-state index contributed by atoms with van der Waals surface area (Å²) in [5.41, 5.74) is 0.377. The molecule has 0 aliphatic carbocycles. The first kappa shape index (κ1) is 27.1. The van der Waals surface area contributed by atoms with Crippen molar-refractivity contribution in [1.82, 2.24) is 29.7 Å². The van der Waals surface area contributed by atoms with Gasteiger partial charge in [-0.2, -0.15) is 20.2 Å². The van der Waals surface area contributed by atoms with Gasteiger partial charge in [0.2, 0.25) is 6.04 Å². The Morgan fingerprint density at radius 2 is 2.05 bits per heavy atom. The summed E-state index contributed by atoms with van der Waals surface area (Å²) in [6, 6.07) is 11.5. The summed E-state index contributed by atoms with van der Waals surface area (Å²) < 4.78 is 6.52. The molecule has 0 fully saturated rings. The van der Waals surface area contributed by atoms with Crippen molar-refractivity contribution < 1.29 is 14.6 Å². The smallest absolute Gasteiger partial charge is 0.259 e. The number of amides is 1. The number of nitrogens with zero attached hydrogens (tertiary/aromatic N) is 8. The number of azo groups is 1. The Balaban J connectivity index is 1.62. The number of ether oxygens (including phenoxy) is 1. The third-order valence-corrected chi connectivity index (χ3v) is 6.16. The van der Waals surface area contributed by atoms with Gasteiger partial charge in [-0.15, -0.1) is 5.11 Å². The van der Waals surface area contributed by atoms with E-state index >= 15 is 0 Å². The minimum Gasteiger partial charge on any atom is -0.495 e. The lowest BCUT2D eigenvalue weighted by atomic mass is 10.1. The summed E-state index contributed by atoms with van der Waals surface area (Å²) in [7, 11) is 1.38. The summed E-state index contributed by atoms with van der Waals surface area (Å²) in [6.45, 7) is -0.392. The number of carbonyl (C=O) groups is 1. The van der Waals surface area contributed by atoms with Crippen LogP contribution in [0.25, 0.3) is 16.9 Å². The minimum absolute atomic E-state index is 0.0345. The Labute approximate surface area is 236 Å². The number of anilines is 1. The van der Waals surface area contributed by atoms with E-state index in [1.54, 1.807) is 30.3 Å². The summed E-state index contributed by atoms with van der Waals surface area (Å²) in [4.78, 5) is 41.8. The number of aromatic nitrogens is 6. The lowest BCUT2D eigenvalue weighted by Crippen LogP contribution is -2.24. The molecule has 3 aromatic heterocycles. The standard InChI is InChI=1S/C26H19ClN10O4/c1-41-20-10-17(27)14(13-38)9-19(20)33-25(40)21(22-32-18-6-3-2-5-16(18)24(39)34-22)35-36-23-15(11-28)12-31-37(23)26-29-7-4-8-30-26/h2-10,12,21,38H,13H2,1H3,(H,33,40)(H,32,34,39). The number of nitriles is 1. The second-order valence-corrected chi connectivity index (χ2v) is 8.74. The number of aliphatic hydroxyl groups is 1. The van der Waals surface area contributed by atoms with Crippen molar-refractivity contribution >= 4 is 39.9 Å². The maximum absolute atomic E-state index is 13.7. The molecule has 2 aromatic carbocycles. The number of hydrogen-bond acceptors (Lipinski definition) is 11. The van der Waals surface area contributed by atoms with Gasteiger partial charge in [-0.25, -0.2) is 15.0 Å². The zero-order valence-electron chi connectivity index (χ0n) is 21.2. The highest BCUT2D eigenvalue weighted by Gasteiger charge is 2.26. The number of carbonyl (C=O) groups excluding carboxylic acids is 1. The van der Waals surface area contributed by atoms with E-state index < -0.39 is 24.1 Å². The monoisotopic (exact) mass is 570 g/mol. The molecule has 3 heterocycles. The Bertz CT molecular complexity index is 1880. The molecule has 204 valence electrons. The highest BCUT2D eigenvalue weighted by molar-refractivity contribution is 6.31. The quantitative estimate of drug-likeness (QED) is 0.234. The number of halogens is 1. The van der Waals surface area contributed by atoms with Crippen molar-refractivity contribution in [2.24, 2.45) is 10.2 Å². The van der Waals surface area contributed by atoms with Crippen molar-refractivity contribution in [2.45, 2.75) is 12.6 Å². The van der Waals surface area contributed by atoms with E-state index in [2.05, 4.69) is 40.6 Å². The number of methoxy groups -OCH3 is 1. The molecule has 0 radical (unpaired) electrons. The average Bonchev–Trinajstić information content (AvgIpc) is 3.41. The highest BCUT2D eigenvalue weighted by atomic mass is 35.5. The van der Waals surface area contributed by atoms with E-state index in [1.807, 2.05) is 6.07 Å². The van der Waals surface area contributed by atoms with Gasteiger partial charge in [0.15, 0.2) is 5.82 Å². The van der Waals surface area contributed by atoms with Gasteiger partial charge in [-0.05, 0) is 29.8 Å². The van der Waals surface area contributed by atoms with Gasteiger partial charge in [-0.3, -0.25) is 9.59 Å². The number of H-pyrrole nitrogens is 1. The van der Waals surface area contributed by atoms with E-state index in [0.717, 1.165) is 0 Å². The lowest BCUT2D eigenvalue weighted by Gasteiger charge is -2.16. The zero-order chi connectivity index (χ0) is 28.9. The van der Waals surface area contributed by atoms with Crippen LogP contribution < -0.4 is 15.6 Å². The second-order valence-electron chi connectivity index (χ2n) is 8.33. The molecule has 0 saturated carbocycles. The highest BCUT2D eigenvalue weighted by Crippen LogP contribution is 2.33. The van der Waals surface area contributed by atoms with Crippen LogP contribution in [0.3, 0.4) is 0 Å². The Morgan fingerprint density at radius 3 is 2.78 bits per heavy atom. The Hall–Kier alpha value is -5.52. The molecule has 5 aromatic rings. The molecule has 14 nitrogen and oxygen atoms in total. The molecule has 0 aliphatic heterocycles. The van der Waals surface area contributed by atoms with Crippen LogP contribution in [0.1, 0.15) is 23.0 Å². The van der Waals surface area contributed by atoms with Gasteiger partial charge < -0.3 is 20.1 Å². The molecule has 1 unspecified atom stereocenters. The van der Waals surface area contributed by atoms with Gasteiger partial charge in [0.1, 0.15) is 23.2 Å². The predicted octanol–water partition coefficient (Wildman–Crippen LogP) is 3.39. The zero-order valence-corrected chi connectivity index (χ0v) is 21.9.